The highest BCUT2D eigenvalue weighted by Gasteiger charge is 2.50. The van der Waals surface area contributed by atoms with Gasteiger partial charge in [0.1, 0.15) is 0 Å². The van der Waals surface area contributed by atoms with Gasteiger partial charge in [-0.05, 0) is 43.0 Å². The highest BCUT2D eigenvalue weighted by molar-refractivity contribution is 5.93. The summed E-state index contributed by atoms with van der Waals surface area (Å²) in [5, 5.41) is 13.0. The maximum Gasteiger partial charge on any atom is 0.310 e. The van der Waals surface area contributed by atoms with Gasteiger partial charge in [0.15, 0.2) is 0 Å². The third-order valence-electron chi connectivity index (χ3n) is 4.63. The molecule has 1 aliphatic carbocycles. The Morgan fingerprint density at radius 3 is 2.46 bits per heavy atom. The molecule has 3 rings (SSSR count). The van der Waals surface area contributed by atoms with E-state index in [1.54, 1.807) is 18.2 Å². The maximum atomic E-state index is 11.8. The zero-order valence-electron chi connectivity index (χ0n) is 13.2. The fourth-order valence-corrected chi connectivity index (χ4v) is 3.36. The van der Waals surface area contributed by atoms with Gasteiger partial charge in [-0.3, -0.25) is 9.59 Å². The largest absolute Gasteiger partial charge is 0.481 e. The van der Waals surface area contributed by atoms with Gasteiger partial charge >= 0.3 is 5.97 Å². The molecule has 5 nitrogen and oxygen atoms in total. The van der Waals surface area contributed by atoms with Crippen molar-refractivity contribution in [1.82, 2.24) is 0 Å². The molecule has 0 spiro atoms. The lowest BCUT2D eigenvalue weighted by molar-refractivity contribution is -0.155. The predicted molar refractivity (Wildman–Crippen MR) is 91.8 cm³/mol. The second kappa shape index (κ2) is 6.35. The van der Waals surface area contributed by atoms with Crippen molar-refractivity contribution >= 4 is 17.6 Å². The average molecular weight is 324 g/mol. The highest BCUT2D eigenvalue weighted by Crippen LogP contribution is 2.45. The molecular weight excluding hydrogens is 304 g/mol. The Morgan fingerprint density at radius 2 is 1.83 bits per heavy atom. The number of carbonyl (C=O) groups excluding carboxylic acids is 1. The SMILES string of the molecule is NC(=O)c1cccc(NC2CC(Cc3ccccc3)(C(=O)O)C2)c1. The highest BCUT2D eigenvalue weighted by atomic mass is 16.4. The number of carboxylic acid groups (broad SMARTS) is 1. The van der Waals surface area contributed by atoms with E-state index in [0.717, 1.165) is 11.3 Å². The van der Waals surface area contributed by atoms with Gasteiger partial charge in [0.05, 0.1) is 5.41 Å². The van der Waals surface area contributed by atoms with Crippen molar-refractivity contribution in [3.05, 3.63) is 65.7 Å². The van der Waals surface area contributed by atoms with Crippen molar-refractivity contribution in [2.24, 2.45) is 11.1 Å². The lowest BCUT2D eigenvalue weighted by Gasteiger charge is -2.45. The number of amides is 1. The van der Waals surface area contributed by atoms with E-state index in [-0.39, 0.29) is 6.04 Å². The molecule has 0 radical (unpaired) electrons. The molecular formula is C19H20N2O3. The monoisotopic (exact) mass is 324 g/mol. The molecule has 5 heteroatoms. The number of carbonyl (C=O) groups is 2. The van der Waals surface area contributed by atoms with Crippen molar-refractivity contribution < 1.29 is 14.7 Å². The summed E-state index contributed by atoms with van der Waals surface area (Å²) in [6.45, 7) is 0. The third-order valence-corrected chi connectivity index (χ3v) is 4.63. The lowest BCUT2D eigenvalue weighted by Crippen LogP contribution is -2.51. The molecule has 1 amide bonds. The number of hydrogen-bond acceptors (Lipinski definition) is 3. The molecule has 0 saturated heterocycles. The number of carboxylic acids is 1. The molecule has 0 atom stereocenters. The van der Waals surface area contributed by atoms with Gasteiger partial charge in [-0.25, -0.2) is 0 Å². The first-order valence-corrected chi connectivity index (χ1v) is 7.92. The van der Waals surface area contributed by atoms with E-state index in [9.17, 15) is 14.7 Å². The third kappa shape index (κ3) is 3.25. The number of nitrogens with two attached hydrogens (primary N) is 1. The first-order valence-electron chi connectivity index (χ1n) is 7.92. The van der Waals surface area contributed by atoms with Crippen molar-refractivity contribution in [3.63, 3.8) is 0 Å². The summed E-state index contributed by atoms with van der Waals surface area (Å²) in [6.07, 6.45) is 1.64. The van der Waals surface area contributed by atoms with Gasteiger partial charge in [0.25, 0.3) is 0 Å². The number of hydrogen-bond donors (Lipinski definition) is 3. The standard InChI is InChI=1S/C19H20N2O3/c20-17(22)14-7-4-8-15(9-14)21-16-11-19(12-16,18(23)24)10-13-5-2-1-3-6-13/h1-9,16,21H,10-12H2,(H2,20,22)(H,23,24). The summed E-state index contributed by atoms with van der Waals surface area (Å²) < 4.78 is 0. The number of primary amides is 1. The van der Waals surface area contributed by atoms with Gasteiger partial charge in [-0.2, -0.15) is 0 Å². The summed E-state index contributed by atoms with van der Waals surface area (Å²) in [5.74, 6) is -1.23. The molecule has 0 unspecified atom stereocenters. The Labute approximate surface area is 140 Å². The van der Waals surface area contributed by atoms with Crippen molar-refractivity contribution in [3.8, 4) is 0 Å². The summed E-state index contributed by atoms with van der Waals surface area (Å²) in [6, 6.07) is 16.7. The van der Waals surface area contributed by atoms with Crippen LogP contribution in [0.15, 0.2) is 54.6 Å². The van der Waals surface area contributed by atoms with Gasteiger partial charge in [0, 0.05) is 17.3 Å². The van der Waals surface area contributed by atoms with Gasteiger partial charge in [-0.1, -0.05) is 36.4 Å². The molecule has 0 aromatic heterocycles. The second-order valence-electron chi connectivity index (χ2n) is 6.44. The summed E-state index contributed by atoms with van der Waals surface area (Å²) in [5.41, 5.74) is 6.82. The van der Waals surface area contributed by atoms with Crippen LogP contribution < -0.4 is 11.1 Å². The fraction of sp³-hybridized carbons (Fsp3) is 0.263. The van der Waals surface area contributed by atoms with Crippen molar-refractivity contribution in [1.29, 1.82) is 0 Å². The van der Waals surface area contributed by atoms with Crippen LogP contribution in [0.25, 0.3) is 0 Å². The normalized spacial score (nSPS) is 22.4. The van der Waals surface area contributed by atoms with E-state index in [1.807, 2.05) is 36.4 Å². The molecule has 4 N–H and O–H groups in total. The number of nitrogens with one attached hydrogen (secondary N) is 1. The number of rotatable bonds is 6. The molecule has 0 heterocycles. The molecule has 1 fully saturated rings. The minimum absolute atomic E-state index is 0.0768. The molecule has 1 aliphatic rings. The van der Waals surface area contributed by atoms with E-state index >= 15 is 0 Å². The number of anilines is 1. The molecule has 24 heavy (non-hydrogen) atoms. The Morgan fingerprint density at radius 1 is 1.12 bits per heavy atom. The van der Waals surface area contributed by atoms with Crippen LogP contribution in [0.3, 0.4) is 0 Å². The van der Waals surface area contributed by atoms with E-state index in [0.29, 0.717) is 24.8 Å². The summed E-state index contributed by atoms with van der Waals surface area (Å²) in [7, 11) is 0. The Balaban J connectivity index is 1.66. The van der Waals surface area contributed by atoms with E-state index in [1.165, 1.54) is 0 Å². The van der Waals surface area contributed by atoms with Crippen LogP contribution in [0, 0.1) is 5.41 Å². The number of aliphatic carboxylic acids is 1. The Kier molecular flexibility index (Phi) is 4.25. The van der Waals surface area contributed by atoms with Crippen LogP contribution in [0.4, 0.5) is 5.69 Å². The van der Waals surface area contributed by atoms with Crippen molar-refractivity contribution in [2.45, 2.75) is 25.3 Å². The average Bonchev–Trinajstić information content (AvgIpc) is 2.53. The van der Waals surface area contributed by atoms with Crippen LogP contribution >= 0.6 is 0 Å². The van der Waals surface area contributed by atoms with E-state index in [2.05, 4.69) is 5.32 Å². The van der Waals surface area contributed by atoms with Crippen LogP contribution in [0.5, 0.6) is 0 Å². The topological polar surface area (TPSA) is 92.4 Å². The maximum absolute atomic E-state index is 11.8. The van der Waals surface area contributed by atoms with E-state index in [4.69, 9.17) is 5.73 Å². The summed E-state index contributed by atoms with van der Waals surface area (Å²) in [4.78, 5) is 23.0. The molecule has 2 aromatic rings. The zero-order valence-corrected chi connectivity index (χ0v) is 13.2. The minimum atomic E-state index is -0.754. The molecule has 0 aliphatic heterocycles. The molecule has 0 bridgehead atoms. The smallest absolute Gasteiger partial charge is 0.310 e. The second-order valence-corrected chi connectivity index (χ2v) is 6.44. The Hall–Kier alpha value is -2.82. The van der Waals surface area contributed by atoms with Gasteiger partial charge < -0.3 is 16.2 Å². The fourth-order valence-electron chi connectivity index (χ4n) is 3.36. The lowest BCUT2D eigenvalue weighted by atomic mass is 9.62. The van der Waals surface area contributed by atoms with Crippen LogP contribution in [0.2, 0.25) is 0 Å². The van der Waals surface area contributed by atoms with Crippen LogP contribution in [-0.2, 0) is 11.2 Å². The molecule has 1 saturated carbocycles. The van der Waals surface area contributed by atoms with Gasteiger partial charge in [0.2, 0.25) is 5.91 Å². The van der Waals surface area contributed by atoms with Crippen LogP contribution in [-0.4, -0.2) is 23.0 Å². The van der Waals surface area contributed by atoms with E-state index < -0.39 is 17.3 Å². The first-order chi connectivity index (χ1) is 11.5. The minimum Gasteiger partial charge on any atom is -0.481 e. The molecule has 124 valence electrons. The van der Waals surface area contributed by atoms with Gasteiger partial charge in [-0.15, -0.1) is 0 Å². The Bertz CT molecular complexity index is 752. The first kappa shape index (κ1) is 16.1. The zero-order chi connectivity index (χ0) is 17.2. The summed E-state index contributed by atoms with van der Waals surface area (Å²) >= 11 is 0. The quantitative estimate of drug-likeness (QED) is 0.761. The van der Waals surface area contributed by atoms with Crippen LogP contribution in [0.1, 0.15) is 28.8 Å². The van der Waals surface area contributed by atoms with Crippen molar-refractivity contribution in [2.75, 3.05) is 5.32 Å². The predicted octanol–water partition coefficient (Wildman–Crippen LogP) is 2.67. The number of benzene rings is 2. The molecule has 2 aromatic carbocycles.